The zero-order valence-electron chi connectivity index (χ0n) is 13.1. The molecule has 0 radical (unpaired) electrons. The summed E-state index contributed by atoms with van der Waals surface area (Å²) in [5.74, 6) is -0.172. The predicted molar refractivity (Wildman–Crippen MR) is 83.9 cm³/mol. The SMILES string of the molecule is C.Cl.NC12CC(C1)C2.O=C(NC12CC(C1)C2)C(F)(F)F.[2H]CC. The van der Waals surface area contributed by atoms with Crippen molar-refractivity contribution in [3.8, 4) is 0 Å². The van der Waals surface area contributed by atoms with Crippen LogP contribution in [0.1, 0.15) is 61.1 Å². The average Bonchev–Trinajstić information content (AvgIpc) is 2.17. The highest BCUT2D eigenvalue weighted by atomic mass is 35.5. The van der Waals surface area contributed by atoms with Crippen LogP contribution in [-0.4, -0.2) is 23.2 Å². The molecule has 6 aliphatic rings. The highest BCUT2D eigenvalue weighted by Crippen LogP contribution is 2.57. The monoisotopic (exact) mass is 345 g/mol. The Morgan fingerprint density at radius 3 is 1.64 bits per heavy atom. The fraction of sp³-hybridized carbons (Fsp3) is 0.933. The second-order valence-corrected chi connectivity index (χ2v) is 6.55. The van der Waals surface area contributed by atoms with E-state index in [0.717, 1.165) is 25.2 Å². The Labute approximate surface area is 138 Å². The Morgan fingerprint density at radius 2 is 1.50 bits per heavy atom. The first kappa shape index (κ1) is 19.6. The molecule has 1 amide bonds. The molecule has 3 N–H and O–H groups in total. The van der Waals surface area contributed by atoms with Gasteiger partial charge >= 0.3 is 12.1 Å². The summed E-state index contributed by atoms with van der Waals surface area (Å²) in [4.78, 5) is 10.5. The number of hydrogen-bond acceptors (Lipinski definition) is 2. The van der Waals surface area contributed by atoms with Crippen molar-refractivity contribution in [3.63, 3.8) is 0 Å². The van der Waals surface area contributed by atoms with Gasteiger partial charge in [0.25, 0.3) is 0 Å². The van der Waals surface area contributed by atoms with Crippen LogP contribution in [0.4, 0.5) is 13.2 Å². The van der Waals surface area contributed by atoms with Crippen molar-refractivity contribution in [3.05, 3.63) is 0 Å². The molecular weight excluding hydrogens is 317 g/mol. The molecule has 6 aliphatic carbocycles. The van der Waals surface area contributed by atoms with Gasteiger partial charge in [0.1, 0.15) is 0 Å². The minimum Gasteiger partial charge on any atom is -0.343 e. The Morgan fingerprint density at radius 1 is 1.18 bits per heavy atom. The van der Waals surface area contributed by atoms with Crippen molar-refractivity contribution in [1.29, 1.82) is 0 Å². The number of carbonyl (C=O) groups excluding carboxylic acids is 1. The minimum absolute atomic E-state index is 0. The van der Waals surface area contributed by atoms with E-state index < -0.39 is 17.6 Å². The molecule has 7 heteroatoms. The van der Waals surface area contributed by atoms with E-state index >= 15 is 0 Å². The first-order valence-electron chi connectivity index (χ1n) is 7.79. The largest absolute Gasteiger partial charge is 0.471 e. The van der Waals surface area contributed by atoms with E-state index in [0.29, 0.717) is 18.4 Å². The van der Waals surface area contributed by atoms with Gasteiger partial charge in [0.05, 0.1) is 0 Å². The molecule has 0 saturated heterocycles. The second kappa shape index (κ2) is 6.95. The summed E-state index contributed by atoms with van der Waals surface area (Å²) in [6.45, 7) is 2.29. The van der Waals surface area contributed by atoms with Crippen molar-refractivity contribution in [2.45, 2.75) is 77.0 Å². The summed E-state index contributed by atoms with van der Waals surface area (Å²) >= 11 is 0. The van der Waals surface area contributed by atoms with Gasteiger partial charge in [-0.05, 0) is 50.4 Å². The summed E-state index contributed by atoms with van der Waals surface area (Å²) in [7, 11) is 0. The maximum atomic E-state index is 11.7. The lowest BCUT2D eigenvalue weighted by Crippen LogP contribution is -2.69. The normalized spacial score (nSPS) is 38.7. The summed E-state index contributed by atoms with van der Waals surface area (Å²) in [6.07, 6.45) is 1.45. The maximum Gasteiger partial charge on any atom is 0.471 e. The molecule has 0 aromatic rings. The molecule has 132 valence electrons. The average molecular weight is 346 g/mol. The smallest absolute Gasteiger partial charge is 0.343 e. The molecule has 6 fully saturated rings. The van der Waals surface area contributed by atoms with E-state index in [9.17, 15) is 18.0 Å². The molecule has 4 bridgehead atoms. The standard InChI is InChI=1S/C7H8F3NO.C5H9N.C2H6.CH4.ClH/c8-7(9,10)5(12)11-6-1-4(2-6)3-6;6-5-1-4(2-5)3-5;1-2;;/h4H,1-3H2,(H,11,12);4H,1-3,6H2;1-2H3;1H4;1H/i;;1D;;. The highest BCUT2D eigenvalue weighted by molar-refractivity contribution is 5.85. The number of alkyl halides is 3. The van der Waals surface area contributed by atoms with Crippen molar-refractivity contribution in [1.82, 2.24) is 5.32 Å². The van der Waals surface area contributed by atoms with Gasteiger partial charge in [-0.1, -0.05) is 21.3 Å². The lowest BCUT2D eigenvalue weighted by atomic mass is 9.50. The third-order valence-corrected chi connectivity index (χ3v) is 4.76. The molecule has 6 saturated carbocycles. The molecule has 0 spiro atoms. The highest BCUT2D eigenvalue weighted by Gasteiger charge is 2.59. The quantitative estimate of drug-likeness (QED) is 0.759. The molecule has 0 unspecified atom stereocenters. The van der Waals surface area contributed by atoms with Crippen LogP contribution < -0.4 is 11.1 Å². The van der Waals surface area contributed by atoms with Crippen molar-refractivity contribution in [2.24, 2.45) is 17.6 Å². The second-order valence-electron chi connectivity index (χ2n) is 6.55. The number of nitrogens with two attached hydrogens (primary N) is 1. The van der Waals surface area contributed by atoms with Crippen molar-refractivity contribution >= 4 is 18.3 Å². The molecule has 0 aromatic carbocycles. The zero-order chi connectivity index (χ0) is 15.9. The number of hydrogen-bond donors (Lipinski definition) is 2. The first-order valence-corrected chi connectivity index (χ1v) is 7.09. The zero-order valence-corrected chi connectivity index (χ0v) is 12.9. The lowest BCUT2D eigenvalue weighted by Gasteiger charge is -2.61. The van der Waals surface area contributed by atoms with Crippen LogP contribution in [0.25, 0.3) is 0 Å². The summed E-state index contributed by atoms with van der Waals surface area (Å²) in [5, 5.41) is 2.03. The van der Waals surface area contributed by atoms with E-state index in [1.807, 2.05) is 5.32 Å². The molecular formula is C15H28ClF3N2O. The predicted octanol–water partition coefficient (Wildman–Crippen LogP) is 3.80. The third-order valence-electron chi connectivity index (χ3n) is 4.76. The van der Waals surface area contributed by atoms with Gasteiger partial charge in [0.15, 0.2) is 0 Å². The van der Waals surface area contributed by atoms with Gasteiger partial charge in [-0.15, -0.1) is 12.4 Å². The van der Waals surface area contributed by atoms with Crippen LogP contribution in [0, 0.1) is 11.8 Å². The van der Waals surface area contributed by atoms with Crippen LogP contribution in [0.3, 0.4) is 0 Å². The van der Waals surface area contributed by atoms with Crippen LogP contribution >= 0.6 is 12.4 Å². The van der Waals surface area contributed by atoms with E-state index in [1.165, 1.54) is 19.3 Å². The molecule has 0 aromatic heterocycles. The van der Waals surface area contributed by atoms with Gasteiger partial charge in [-0.3, -0.25) is 4.79 Å². The van der Waals surface area contributed by atoms with Gasteiger partial charge in [0, 0.05) is 12.4 Å². The Kier molecular flexibility index (Phi) is 6.18. The number of rotatable bonds is 1. The fourth-order valence-corrected chi connectivity index (χ4v) is 3.49. The third kappa shape index (κ3) is 4.07. The molecule has 0 atom stereocenters. The Hall–Kier alpha value is -0.490. The van der Waals surface area contributed by atoms with E-state index in [4.69, 9.17) is 7.10 Å². The van der Waals surface area contributed by atoms with Crippen LogP contribution in [0.2, 0.25) is 0 Å². The van der Waals surface area contributed by atoms with E-state index in [2.05, 4.69) is 0 Å². The molecule has 0 aliphatic heterocycles. The molecule has 6 rings (SSSR count). The van der Waals surface area contributed by atoms with Gasteiger partial charge in [0.2, 0.25) is 0 Å². The fourth-order valence-electron chi connectivity index (χ4n) is 3.49. The number of halogens is 4. The summed E-state index contributed by atoms with van der Waals surface area (Å²) in [5.41, 5.74) is 5.58. The lowest BCUT2D eigenvalue weighted by molar-refractivity contribution is -0.183. The number of nitrogens with one attached hydrogen (secondary N) is 1. The summed E-state index contributed by atoms with van der Waals surface area (Å²) in [6, 6.07) is 0. The van der Waals surface area contributed by atoms with E-state index in [1.54, 1.807) is 6.92 Å². The van der Waals surface area contributed by atoms with Crippen LogP contribution in [-0.2, 0) is 4.79 Å². The summed E-state index contributed by atoms with van der Waals surface area (Å²) < 4.78 is 41.4. The van der Waals surface area contributed by atoms with Crippen molar-refractivity contribution < 1.29 is 19.3 Å². The van der Waals surface area contributed by atoms with E-state index in [-0.39, 0.29) is 19.8 Å². The van der Waals surface area contributed by atoms with Gasteiger partial charge in [-0.25, -0.2) is 0 Å². The Balaban J connectivity index is 0.000000373. The van der Waals surface area contributed by atoms with Gasteiger partial charge < -0.3 is 11.1 Å². The van der Waals surface area contributed by atoms with Crippen LogP contribution in [0.15, 0.2) is 0 Å². The van der Waals surface area contributed by atoms with Crippen molar-refractivity contribution in [2.75, 3.05) is 0 Å². The Bertz CT molecular complexity index is 386. The first-order chi connectivity index (χ1) is 9.61. The molecule has 22 heavy (non-hydrogen) atoms. The number of amides is 1. The molecule has 3 nitrogen and oxygen atoms in total. The topological polar surface area (TPSA) is 55.1 Å². The maximum absolute atomic E-state index is 11.7. The van der Waals surface area contributed by atoms with Crippen LogP contribution in [0.5, 0.6) is 0 Å². The minimum atomic E-state index is -4.73. The molecule has 0 heterocycles. The van der Waals surface area contributed by atoms with Gasteiger partial charge in [-0.2, -0.15) is 13.2 Å². The number of carbonyl (C=O) groups is 1.